The summed E-state index contributed by atoms with van der Waals surface area (Å²) < 4.78 is 25.9. The molecule has 0 bridgehead atoms. The number of ether oxygens (including phenoxy) is 2. The van der Waals surface area contributed by atoms with Gasteiger partial charge in [0, 0.05) is 17.5 Å². The Balaban J connectivity index is 2.07. The van der Waals surface area contributed by atoms with Gasteiger partial charge in [0.05, 0.1) is 0 Å². The Bertz CT molecular complexity index is 814. The number of unbranched alkanes of at least 4 members (excludes halogenated alkanes) is 4. The number of aliphatic hydroxyl groups excluding tert-OH is 1. The Morgan fingerprint density at radius 2 is 2.24 bits per heavy atom. The van der Waals surface area contributed by atoms with Crippen molar-refractivity contribution in [3.63, 3.8) is 0 Å². The average Bonchev–Trinajstić information content (AvgIpc) is 2.92. The monoisotopic (exact) mass is 412 g/mol. The summed E-state index contributed by atoms with van der Waals surface area (Å²) in [5.41, 5.74) is 11.1. The normalized spacial score (nSPS) is 26.1. The van der Waals surface area contributed by atoms with Crippen molar-refractivity contribution in [3.8, 4) is 0 Å². The minimum atomic E-state index is -2.21. The van der Waals surface area contributed by atoms with E-state index >= 15 is 0 Å². The van der Waals surface area contributed by atoms with E-state index in [1.54, 1.807) is 0 Å². The Hall–Kier alpha value is -2.69. The van der Waals surface area contributed by atoms with Gasteiger partial charge in [-0.2, -0.15) is 4.98 Å². The van der Waals surface area contributed by atoms with Crippen molar-refractivity contribution in [1.29, 1.82) is 0 Å². The first kappa shape index (κ1) is 22.6. The molecule has 0 amide bonds. The molecular formula is C17H25FN6O5. The molecule has 1 aromatic heterocycles. The minimum absolute atomic E-state index is 0.0746. The van der Waals surface area contributed by atoms with E-state index in [1.807, 2.05) is 0 Å². The third-order valence-corrected chi connectivity index (χ3v) is 4.63. The second-order valence-electron chi connectivity index (χ2n) is 6.80. The van der Waals surface area contributed by atoms with Crippen LogP contribution in [0.5, 0.6) is 0 Å². The lowest BCUT2D eigenvalue weighted by Gasteiger charge is -2.25. The highest BCUT2D eigenvalue weighted by atomic mass is 19.1. The number of hydrogen-bond acceptors (Lipinski definition) is 8. The quantitative estimate of drug-likeness (QED) is 0.195. The summed E-state index contributed by atoms with van der Waals surface area (Å²) in [5, 5.41) is 13.6. The first-order valence-electron chi connectivity index (χ1n) is 9.41. The number of aliphatic hydroxyl groups is 1. The molecule has 1 aliphatic heterocycles. The van der Waals surface area contributed by atoms with E-state index < -0.39 is 42.5 Å². The maximum absolute atomic E-state index is 14.7. The molecule has 11 nitrogen and oxygen atoms in total. The predicted octanol–water partition coefficient (Wildman–Crippen LogP) is 1.96. The number of azide groups is 1. The molecule has 12 heteroatoms. The second kappa shape index (κ2) is 10.2. The van der Waals surface area contributed by atoms with E-state index in [0.717, 1.165) is 36.4 Å². The van der Waals surface area contributed by atoms with Gasteiger partial charge >= 0.3 is 11.7 Å². The maximum atomic E-state index is 14.7. The lowest BCUT2D eigenvalue weighted by atomic mass is 10.1. The second-order valence-corrected chi connectivity index (χ2v) is 6.80. The Morgan fingerprint density at radius 3 is 2.90 bits per heavy atom. The molecule has 0 saturated carbocycles. The molecule has 2 rings (SSSR count). The minimum Gasteiger partial charge on any atom is -0.462 e. The molecular weight excluding hydrogens is 387 g/mol. The van der Waals surface area contributed by atoms with Crippen LogP contribution in [0.3, 0.4) is 0 Å². The highest BCUT2D eigenvalue weighted by Crippen LogP contribution is 2.40. The molecule has 2 heterocycles. The molecule has 1 unspecified atom stereocenters. The zero-order valence-corrected chi connectivity index (χ0v) is 16.1. The molecule has 1 saturated heterocycles. The highest BCUT2D eigenvalue weighted by molar-refractivity contribution is 5.69. The van der Waals surface area contributed by atoms with Gasteiger partial charge in [-0.15, -0.1) is 0 Å². The molecule has 0 aliphatic carbocycles. The summed E-state index contributed by atoms with van der Waals surface area (Å²) in [6.45, 7) is 1.39. The summed E-state index contributed by atoms with van der Waals surface area (Å²) in [6.07, 6.45) is 0.178. The van der Waals surface area contributed by atoms with Crippen LogP contribution in [0.25, 0.3) is 10.4 Å². The van der Waals surface area contributed by atoms with Crippen molar-refractivity contribution in [3.05, 3.63) is 33.2 Å². The Labute approximate surface area is 166 Å². The number of esters is 1. The molecule has 29 heavy (non-hydrogen) atoms. The van der Waals surface area contributed by atoms with Gasteiger partial charge in [0.15, 0.2) is 12.4 Å². The summed E-state index contributed by atoms with van der Waals surface area (Å²) in [5.74, 6) is -0.663. The van der Waals surface area contributed by atoms with E-state index in [0.29, 0.717) is 6.42 Å². The molecule has 0 aromatic carbocycles. The van der Waals surface area contributed by atoms with Crippen LogP contribution < -0.4 is 11.4 Å². The van der Waals surface area contributed by atoms with Crippen molar-refractivity contribution < 1.29 is 23.8 Å². The molecule has 160 valence electrons. The van der Waals surface area contributed by atoms with Crippen LogP contribution in [-0.4, -0.2) is 45.2 Å². The van der Waals surface area contributed by atoms with Crippen LogP contribution in [0.15, 0.2) is 22.2 Å². The lowest BCUT2D eigenvalue weighted by molar-refractivity contribution is -0.165. The number of halogens is 1. The van der Waals surface area contributed by atoms with Gasteiger partial charge < -0.3 is 20.3 Å². The van der Waals surface area contributed by atoms with Crippen LogP contribution in [0.2, 0.25) is 0 Å². The van der Waals surface area contributed by atoms with Crippen LogP contribution in [0, 0.1) is 0 Å². The van der Waals surface area contributed by atoms with Gasteiger partial charge in [-0.05, 0) is 18.0 Å². The van der Waals surface area contributed by atoms with Gasteiger partial charge in [-0.1, -0.05) is 37.7 Å². The van der Waals surface area contributed by atoms with Gasteiger partial charge in [0.2, 0.25) is 5.72 Å². The van der Waals surface area contributed by atoms with E-state index in [9.17, 15) is 19.1 Å². The number of nitrogen functional groups attached to an aromatic ring is 1. The topological polar surface area (TPSA) is 165 Å². The average molecular weight is 412 g/mol. The Kier molecular flexibility index (Phi) is 7.94. The van der Waals surface area contributed by atoms with Crippen molar-refractivity contribution in [2.45, 2.75) is 69.7 Å². The number of anilines is 1. The summed E-state index contributed by atoms with van der Waals surface area (Å²) in [7, 11) is 0. The molecule has 1 aliphatic rings. The lowest BCUT2D eigenvalue weighted by Crippen LogP contribution is -2.44. The maximum Gasteiger partial charge on any atom is 0.351 e. The van der Waals surface area contributed by atoms with E-state index in [-0.39, 0.29) is 12.2 Å². The van der Waals surface area contributed by atoms with Crippen molar-refractivity contribution in [2.75, 3.05) is 12.3 Å². The number of carbonyl (C=O) groups is 1. The molecule has 1 fully saturated rings. The van der Waals surface area contributed by atoms with Crippen LogP contribution in [0.1, 0.15) is 51.7 Å². The van der Waals surface area contributed by atoms with Crippen LogP contribution in [-0.2, 0) is 14.3 Å². The summed E-state index contributed by atoms with van der Waals surface area (Å²) >= 11 is 0. The van der Waals surface area contributed by atoms with Crippen molar-refractivity contribution in [1.82, 2.24) is 9.55 Å². The third-order valence-electron chi connectivity index (χ3n) is 4.63. The number of rotatable bonds is 10. The van der Waals surface area contributed by atoms with Gasteiger partial charge in [0.1, 0.15) is 18.5 Å². The molecule has 0 spiro atoms. The fourth-order valence-corrected chi connectivity index (χ4v) is 3.01. The molecule has 1 aromatic rings. The SMILES string of the molecule is CCCCCCCC(=O)OCC1(N=[N+]=[N-])O[C@@H](n2ccc(N)nc2=O)[C@H](F)[C@@H]1O. The standard InChI is InChI=1S/C17H25FN6O5/c1-2-3-4-5-6-7-12(25)28-10-17(22-23-20)14(26)13(18)15(29-17)24-9-8-11(19)21-16(24)27/h8-9,13-15,26H,2-7,10H2,1H3,(H2,19,21,27)/t13-,14+,15-,17?/m1/s1. The van der Waals surface area contributed by atoms with Crippen LogP contribution in [0.4, 0.5) is 10.2 Å². The predicted molar refractivity (Wildman–Crippen MR) is 100 cm³/mol. The van der Waals surface area contributed by atoms with Gasteiger partial charge in [-0.25, -0.2) is 9.18 Å². The Morgan fingerprint density at radius 1 is 1.52 bits per heavy atom. The highest BCUT2D eigenvalue weighted by Gasteiger charge is 2.57. The first-order chi connectivity index (χ1) is 13.8. The van der Waals surface area contributed by atoms with E-state index in [1.165, 1.54) is 6.07 Å². The van der Waals surface area contributed by atoms with E-state index in [2.05, 4.69) is 21.9 Å². The van der Waals surface area contributed by atoms with Crippen LogP contribution >= 0.6 is 0 Å². The number of nitrogens with zero attached hydrogens (tertiary/aromatic N) is 5. The number of hydrogen-bond donors (Lipinski definition) is 2. The van der Waals surface area contributed by atoms with Crippen molar-refractivity contribution in [2.24, 2.45) is 5.11 Å². The molecule has 3 N–H and O–H groups in total. The number of nitrogens with two attached hydrogens (primary N) is 1. The number of alkyl halides is 1. The van der Waals surface area contributed by atoms with E-state index in [4.69, 9.17) is 20.7 Å². The zero-order chi connectivity index (χ0) is 21.4. The number of carbonyl (C=O) groups excluding carboxylic acids is 1. The van der Waals surface area contributed by atoms with Gasteiger partial charge in [-0.3, -0.25) is 9.36 Å². The fourth-order valence-electron chi connectivity index (χ4n) is 3.01. The van der Waals surface area contributed by atoms with Crippen molar-refractivity contribution >= 4 is 11.8 Å². The number of aromatic nitrogens is 2. The molecule has 0 radical (unpaired) electrons. The summed E-state index contributed by atoms with van der Waals surface area (Å²) in [4.78, 5) is 29.9. The van der Waals surface area contributed by atoms with Gasteiger partial charge in [0.25, 0.3) is 0 Å². The molecule has 4 atom stereocenters. The fraction of sp³-hybridized carbons (Fsp3) is 0.706. The summed E-state index contributed by atoms with van der Waals surface area (Å²) in [6, 6.07) is 1.25. The smallest absolute Gasteiger partial charge is 0.351 e. The zero-order valence-electron chi connectivity index (χ0n) is 16.1. The third kappa shape index (κ3) is 5.43. The first-order valence-corrected chi connectivity index (χ1v) is 9.41. The largest absolute Gasteiger partial charge is 0.462 e.